The van der Waals surface area contributed by atoms with Crippen LogP contribution in [0.25, 0.3) is 0 Å². The van der Waals surface area contributed by atoms with Gasteiger partial charge in [0.15, 0.2) is 11.6 Å². The summed E-state index contributed by atoms with van der Waals surface area (Å²) >= 11 is 0. The van der Waals surface area contributed by atoms with Gasteiger partial charge in [-0.1, -0.05) is 19.3 Å². The third-order valence-corrected chi connectivity index (χ3v) is 4.49. The number of hydrogen-bond acceptors (Lipinski definition) is 7. The number of nitrogens with two attached hydrogens (primary N) is 1. The minimum Gasteiger partial charge on any atom is -0.497 e. The SMILES string of the molecule is COc1ccc(OC)c(Nc2ncnc(NC3CCCCC3)c2N)c1. The average Bonchev–Trinajstić information content (AvgIpc) is 2.65. The first kappa shape index (κ1) is 17.1. The van der Waals surface area contributed by atoms with E-state index in [0.717, 1.165) is 24.3 Å². The van der Waals surface area contributed by atoms with Gasteiger partial charge in [0.05, 0.1) is 19.9 Å². The van der Waals surface area contributed by atoms with Gasteiger partial charge < -0.3 is 25.8 Å². The highest BCUT2D eigenvalue weighted by Gasteiger charge is 2.17. The van der Waals surface area contributed by atoms with Crippen molar-refractivity contribution >= 4 is 23.0 Å². The molecule has 0 spiro atoms. The number of anilines is 4. The topological polar surface area (TPSA) is 94.3 Å². The van der Waals surface area contributed by atoms with Crippen LogP contribution in [0.3, 0.4) is 0 Å². The second kappa shape index (κ2) is 7.92. The lowest BCUT2D eigenvalue weighted by atomic mass is 9.95. The Morgan fingerprint density at radius 3 is 2.52 bits per heavy atom. The van der Waals surface area contributed by atoms with Gasteiger partial charge in [0.1, 0.15) is 23.5 Å². The molecule has 1 heterocycles. The van der Waals surface area contributed by atoms with Crippen LogP contribution < -0.4 is 25.8 Å². The molecule has 1 aliphatic carbocycles. The van der Waals surface area contributed by atoms with E-state index in [1.165, 1.54) is 25.6 Å². The molecule has 1 aromatic carbocycles. The van der Waals surface area contributed by atoms with Crippen molar-refractivity contribution in [3.63, 3.8) is 0 Å². The molecule has 1 aliphatic rings. The van der Waals surface area contributed by atoms with Crippen LogP contribution >= 0.6 is 0 Å². The van der Waals surface area contributed by atoms with Gasteiger partial charge in [0.25, 0.3) is 0 Å². The Labute approximate surface area is 148 Å². The van der Waals surface area contributed by atoms with Crippen molar-refractivity contribution in [1.29, 1.82) is 0 Å². The maximum Gasteiger partial charge on any atom is 0.159 e. The third kappa shape index (κ3) is 4.04. The highest BCUT2D eigenvalue weighted by molar-refractivity contribution is 5.79. The molecule has 0 bridgehead atoms. The van der Waals surface area contributed by atoms with Crippen molar-refractivity contribution in [1.82, 2.24) is 9.97 Å². The molecule has 3 rings (SSSR count). The molecular formula is C18H25N5O2. The zero-order valence-corrected chi connectivity index (χ0v) is 14.7. The first-order chi connectivity index (χ1) is 12.2. The predicted octanol–water partition coefficient (Wildman–Crippen LogP) is 3.56. The summed E-state index contributed by atoms with van der Waals surface area (Å²) in [4.78, 5) is 8.58. The number of benzene rings is 1. The number of nitrogens with zero attached hydrogens (tertiary/aromatic N) is 2. The van der Waals surface area contributed by atoms with E-state index in [0.29, 0.717) is 29.1 Å². The number of methoxy groups -OCH3 is 2. The molecule has 0 amide bonds. The zero-order chi connectivity index (χ0) is 17.6. The number of nitrogen functional groups attached to an aromatic ring is 1. The fourth-order valence-electron chi connectivity index (χ4n) is 3.09. The minimum absolute atomic E-state index is 0.421. The molecule has 1 aromatic heterocycles. The summed E-state index contributed by atoms with van der Waals surface area (Å²) in [5, 5.41) is 6.68. The number of aromatic nitrogens is 2. The van der Waals surface area contributed by atoms with Crippen LogP contribution in [0.1, 0.15) is 32.1 Å². The summed E-state index contributed by atoms with van der Waals surface area (Å²) < 4.78 is 10.7. The van der Waals surface area contributed by atoms with E-state index in [4.69, 9.17) is 15.2 Å². The zero-order valence-electron chi connectivity index (χ0n) is 14.7. The van der Waals surface area contributed by atoms with Gasteiger partial charge in [-0.2, -0.15) is 0 Å². The van der Waals surface area contributed by atoms with Gasteiger partial charge in [0.2, 0.25) is 0 Å². The first-order valence-electron chi connectivity index (χ1n) is 8.57. The maximum atomic E-state index is 6.29. The molecule has 0 radical (unpaired) electrons. The molecule has 4 N–H and O–H groups in total. The fraction of sp³-hybridized carbons (Fsp3) is 0.444. The van der Waals surface area contributed by atoms with Crippen LogP contribution in [0.4, 0.5) is 23.0 Å². The predicted molar refractivity (Wildman–Crippen MR) is 99.8 cm³/mol. The highest BCUT2D eigenvalue weighted by atomic mass is 16.5. The summed E-state index contributed by atoms with van der Waals surface area (Å²) in [6, 6.07) is 5.93. The Morgan fingerprint density at radius 2 is 1.80 bits per heavy atom. The first-order valence-corrected chi connectivity index (χ1v) is 8.57. The summed E-state index contributed by atoms with van der Waals surface area (Å²) in [7, 11) is 3.24. The van der Waals surface area contributed by atoms with E-state index < -0.39 is 0 Å². The third-order valence-electron chi connectivity index (χ3n) is 4.49. The normalized spacial score (nSPS) is 14.8. The Morgan fingerprint density at radius 1 is 1.04 bits per heavy atom. The molecule has 7 heteroatoms. The lowest BCUT2D eigenvalue weighted by molar-refractivity contribution is 0.405. The number of nitrogens with one attached hydrogen (secondary N) is 2. The van der Waals surface area contributed by atoms with E-state index in [2.05, 4.69) is 20.6 Å². The molecule has 0 aliphatic heterocycles. The van der Waals surface area contributed by atoms with Crippen molar-refractivity contribution in [3.05, 3.63) is 24.5 Å². The average molecular weight is 343 g/mol. The van der Waals surface area contributed by atoms with Crippen molar-refractivity contribution in [2.75, 3.05) is 30.6 Å². The Bertz CT molecular complexity index is 717. The Hall–Kier alpha value is -2.70. The highest BCUT2D eigenvalue weighted by Crippen LogP contribution is 2.34. The molecule has 1 saturated carbocycles. The number of rotatable bonds is 6. The van der Waals surface area contributed by atoms with Gasteiger partial charge in [-0.3, -0.25) is 0 Å². The lowest BCUT2D eigenvalue weighted by Crippen LogP contribution is -2.23. The molecule has 0 saturated heterocycles. The van der Waals surface area contributed by atoms with Crippen LogP contribution in [0.15, 0.2) is 24.5 Å². The van der Waals surface area contributed by atoms with E-state index in [1.807, 2.05) is 18.2 Å². The largest absolute Gasteiger partial charge is 0.497 e. The summed E-state index contributed by atoms with van der Waals surface area (Å²) in [5.74, 6) is 2.61. The van der Waals surface area contributed by atoms with Crippen LogP contribution in [-0.4, -0.2) is 30.2 Å². The molecule has 7 nitrogen and oxygen atoms in total. The van der Waals surface area contributed by atoms with Crippen LogP contribution in [0.2, 0.25) is 0 Å². The van der Waals surface area contributed by atoms with E-state index in [1.54, 1.807) is 14.2 Å². The molecular weight excluding hydrogens is 318 g/mol. The van der Waals surface area contributed by atoms with E-state index in [9.17, 15) is 0 Å². The smallest absolute Gasteiger partial charge is 0.159 e. The van der Waals surface area contributed by atoms with Gasteiger partial charge >= 0.3 is 0 Å². The van der Waals surface area contributed by atoms with Crippen molar-refractivity contribution in [2.45, 2.75) is 38.1 Å². The second-order valence-corrected chi connectivity index (χ2v) is 6.16. The lowest BCUT2D eigenvalue weighted by Gasteiger charge is -2.24. The maximum absolute atomic E-state index is 6.29. The molecule has 0 atom stereocenters. The Balaban J connectivity index is 1.82. The molecule has 0 unspecified atom stereocenters. The molecule has 1 fully saturated rings. The summed E-state index contributed by atoms with van der Waals surface area (Å²) in [6.45, 7) is 0. The quantitative estimate of drug-likeness (QED) is 0.738. The van der Waals surface area contributed by atoms with Crippen molar-refractivity contribution in [2.24, 2.45) is 0 Å². The summed E-state index contributed by atoms with van der Waals surface area (Å²) in [5.41, 5.74) is 7.52. The van der Waals surface area contributed by atoms with Gasteiger partial charge in [-0.25, -0.2) is 9.97 Å². The molecule has 25 heavy (non-hydrogen) atoms. The second-order valence-electron chi connectivity index (χ2n) is 6.16. The van der Waals surface area contributed by atoms with Crippen LogP contribution in [0, 0.1) is 0 Å². The van der Waals surface area contributed by atoms with E-state index >= 15 is 0 Å². The monoisotopic (exact) mass is 343 g/mol. The van der Waals surface area contributed by atoms with Crippen molar-refractivity contribution < 1.29 is 9.47 Å². The summed E-state index contributed by atoms with van der Waals surface area (Å²) in [6.07, 6.45) is 7.60. The number of hydrogen-bond donors (Lipinski definition) is 3. The van der Waals surface area contributed by atoms with E-state index in [-0.39, 0.29) is 0 Å². The van der Waals surface area contributed by atoms with Crippen molar-refractivity contribution in [3.8, 4) is 11.5 Å². The number of ether oxygens (including phenoxy) is 2. The standard InChI is InChI=1S/C18H25N5O2/c1-24-13-8-9-15(25-2)14(10-13)23-18-16(19)17(20-11-21-18)22-12-6-4-3-5-7-12/h8-12H,3-7,19H2,1-2H3,(H2,20,21,22,23). The van der Waals surface area contributed by atoms with Crippen LogP contribution in [-0.2, 0) is 0 Å². The van der Waals surface area contributed by atoms with Gasteiger partial charge in [0, 0.05) is 12.1 Å². The van der Waals surface area contributed by atoms with Crippen LogP contribution in [0.5, 0.6) is 11.5 Å². The van der Waals surface area contributed by atoms with Gasteiger partial charge in [-0.05, 0) is 25.0 Å². The fourth-order valence-corrected chi connectivity index (χ4v) is 3.09. The Kier molecular flexibility index (Phi) is 5.42. The minimum atomic E-state index is 0.421. The molecule has 134 valence electrons. The van der Waals surface area contributed by atoms with Gasteiger partial charge in [-0.15, -0.1) is 0 Å². The molecule has 2 aromatic rings.